The summed E-state index contributed by atoms with van der Waals surface area (Å²) in [4.78, 5) is 0. The summed E-state index contributed by atoms with van der Waals surface area (Å²) in [6.45, 7) is 4.11. The highest BCUT2D eigenvalue weighted by atomic mass is 16.3. The maximum absolute atomic E-state index is 9.60. The number of rotatable bonds is 2. The molecule has 0 aromatic heterocycles. The first-order valence-electron chi connectivity index (χ1n) is 4.40. The molecule has 2 heteroatoms. The molecule has 0 aliphatic rings. The van der Waals surface area contributed by atoms with E-state index in [1.165, 1.54) is 11.1 Å². The van der Waals surface area contributed by atoms with Crippen molar-refractivity contribution in [2.24, 2.45) is 0 Å². The molecule has 1 aromatic carbocycles. The Labute approximate surface area is 74.8 Å². The number of aliphatic hydroxyl groups is 1. The van der Waals surface area contributed by atoms with Gasteiger partial charge in [-0.05, 0) is 25.0 Å². The summed E-state index contributed by atoms with van der Waals surface area (Å²) >= 11 is 0. The smallest absolute Gasteiger partial charge is 0.105 e. The van der Waals surface area contributed by atoms with Gasteiger partial charge in [-0.15, -0.1) is 0 Å². The van der Waals surface area contributed by atoms with Crippen LogP contribution in [0.15, 0.2) is 18.2 Å². The Hall–Kier alpha value is -0.755. The van der Waals surface area contributed by atoms with E-state index < -0.39 is 0 Å². The Morgan fingerprint density at radius 2 is 2.08 bits per heavy atom. The van der Waals surface area contributed by atoms with Crippen molar-refractivity contribution in [3.05, 3.63) is 34.9 Å². The second-order valence-electron chi connectivity index (χ2n) is 3.28. The number of aryl methyl sites for hydroxylation is 2. The van der Waals surface area contributed by atoms with Gasteiger partial charge in [0.1, 0.15) is 7.85 Å². The number of benzene rings is 1. The Balaban J connectivity index is 3.01. The largest absolute Gasteiger partial charge is 0.389 e. The molecule has 0 saturated heterocycles. The van der Waals surface area contributed by atoms with E-state index in [4.69, 9.17) is 0 Å². The van der Waals surface area contributed by atoms with Crippen molar-refractivity contribution in [3.8, 4) is 0 Å². The summed E-state index contributed by atoms with van der Waals surface area (Å²) in [6, 6.07) is 6.16. The van der Waals surface area contributed by atoms with Crippen LogP contribution in [-0.4, -0.2) is 13.0 Å². The highest BCUT2D eigenvalue weighted by molar-refractivity contribution is 6.08. The van der Waals surface area contributed by atoms with E-state index in [2.05, 4.69) is 13.0 Å². The average Bonchev–Trinajstić information content (AvgIpc) is 2.03. The van der Waals surface area contributed by atoms with Gasteiger partial charge in [-0.1, -0.05) is 30.1 Å². The Morgan fingerprint density at radius 3 is 2.58 bits per heavy atom. The lowest BCUT2D eigenvalue weighted by Gasteiger charge is -2.11. The lowest BCUT2D eigenvalue weighted by Crippen LogP contribution is -1.98. The number of hydrogen-bond acceptors (Lipinski definition) is 1. The number of hydrogen-bond donors (Lipinski definition) is 1. The minimum atomic E-state index is -0.300. The van der Waals surface area contributed by atoms with Crippen molar-refractivity contribution in [2.45, 2.75) is 26.3 Å². The third kappa shape index (κ3) is 1.89. The van der Waals surface area contributed by atoms with Crippen molar-refractivity contribution in [2.75, 3.05) is 0 Å². The van der Waals surface area contributed by atoms with Crippen LogP contribution in [0, 0.1) is 13.8 Å². The molecule has 0 aliphatic heterocycles. The van der Waals surface area contributed by atoms with Gasteiger partial charge in [-0.2, -0.15) is 0 Å². The van der Waals surface area contributed by atoms with Gasteiger partial charge in [0.15, 0.2) is 0 Å². The topological polar surface area (TPSA) is 20.2 Å². The van der Waals surface area contributed by atoms with E-state index in [0.717, 1.165) is 11.9 Å². The highest BCUT2D eigenvalue weighted by Gasteiger charge is 2.06. The SMILES string of the molecule is BC[C@H](O)c1ccc(C)cc1C. The molecule has 0 spiro atoms. The van der Waals surface area contributed by atoms with Crippen molar-refractivity contribution in [3.63, 3.8) is 0 Å². The molecule has 0 amide bonds. The zero-order valence-corrected chi connectivity index (χ0v) is 7.96. The summed E-state index contributed by atoms with van der Waals surface area (Å²) in [5.74, 6) is 0. The van der Waals surface area contributed by atoms with Crippen LogP contribution in [0.3, 0.4) is 0 Å². The highest BCUT2D eigenvalue weighted by Crippen LogP contribution is 2.20. The van der Waals surface area contributed by atoms with Gasteiger partial charge >= 0.3 is 0 Å². The summed E-state index contributed by atoms with van der Waals surface area (Å²) < 4.78 is 0. The molecule has 0 saturated carbocycles. The maximum Gasteiger partial charge on any atom is 0.105 e. The van der Waals surface area contributed by atoms with Crippen LogP contribution in [0.4, 0.5) is 0 Å². The van der Waals surface area contributed by atoms with Gasteiger partial charge < -0.3 is 5.11 Å². The van der Waals surface area contributed by atoms with Gasteiger partial charge in [0.2, 0.25) is 0 Å². The molecule has 0 bridgehead atoms. The fraction of sp³-hybridized carbons (Fsp3) is 0.400. The van der Waals surface area contributed by atoms with E-state index in [1.807, 2.05) is 26.9 Å². The summed E-state index contributed by atoms with van der Waals surface area (Å²) in [7, 11) is 1.99. The molecule has 0 radical (unpaired) electrons. The first kappa shape index (κ1) is 9.33. The van der Waals surface area contributed by atoms with E-state index in [1.54, 1.807) is 0 Å². The Bertz CT molecular complexity index is 271. The minimum absolute atomic E-state index is 0.300. The van der Waals surface area contributed by atoms with Gasteiger partial charge in [0.05, 0.1) is 6.10 Å². The summed E-state index contributed by atoms with van der Waals surface area (Å²) in [5.41, 5.74) is 3.49. The van der Waals surface area contributed by atoms with Crippen LogP contribution in [0.25, 0.3) is 0 Å². The molecule has 1 N–H and O–H groups in total. The van der Waals surface area contributed by atoms with E-state index in [9.17, 15) is 5.11 Å². The monoisotopic (exact) mass is 162 g/mol. The molecular formula is C10H15BO. The molecule has 0 aliphatic carbocycles. The lowest BCUT2D eigenvalue weighted by molar-refractivity contribution is 0.199. The Kier molecular flexibility index (Phi) is 2.93. The number of aliphatic hydroxyl groups excluding tert-OH is 1. The quantitative estimate of drug-likeness (QED) is 0.651. The first-order valence-corrected chi connectivity index (χ1v) is 4.40. The molecule has 12 heavy (non-hydrogen) atoms. The molecule has 64 valence electrons. The average molecular weight is 162 g/mol. The molecule has 0 fully saturated rings. The standard InChI is InChI=1S/C10H15BO/c1-7-3-4-9(8(2)5-7)10(12)6-11/h3-5,10,12H,6,11H2,1-2H3/t10-/m0/s1. The molecule has 0 heterocycles. The molecule has 1 rings (SSSR count). The predicted octanol–water partition coefficient (Wildman–Crippen LogP) is 1.39. The molecule has 1 aromatic rings. The van der Waals surface area contributed by atoms with Crippen molar-refractivity contribution < 1.29 is 5.11 Å². The van der Waals surface area contributed by atoms with E-state index >= 15 is 0 Å². The van der Waals surface area contributed by atoms with Crippen LogP contribution in [0.2, 0.25) is 6.32 Å². The molecular weight excluding hydrogens is 147 g/mol. The molecule has 1 atom stereocenters. The fourth-order valence-electron chi connectivity index (χ4n) is 1.42. The normalized spacial score (nSPS) is 12.9. The zero-order valence-electron chi connectivity index (χ0n) is 7.96. The lowest BCUT2D eigenvalue weighted by atomic mass is 9.91. The van der Waals surface area contributed by atoms with E-state index in [0.29, 0.717) is 0 Å². The van der Waals surface area contributed by atoms with Crippen LogP contribution in [0.5, 0.6) is 0 Å². The molecule has 1 nitrogen and oxygen atoms in total. The minimum Gasteiger partial charge on any atom is -0.389 e. The maximum atomic E-state index is 9.60. The second-order valence-corrected chi connectivity index (χ2v) is 3.28. The van der Waals surface area contributed by atoms with Gasteiger partial charge in [0, 0.05) is 0 Å². The Morgan fingerprint density at radius 1 is 1.42 bits per heavy atom. The van der Waals surface area contributed by atoms with Crippen molar-refractivity contribution >= 4 is 7.85 Å². The van der Waals surface area contributed by atoms with Crippen LogP contribution in [-0.2, 0) is 0 Å². The third-order valence-corrected chi connectivity index (χ3v) is 2.17. The predicted molar refractivity (Wildman–Crippen MR) is 54.2 cm³/mol. The van der Waals surface area contributed by atoms with Crippen LogP contribution < -0.4 is 0 Å². The van der Waals surface area contributed by atoms with E-state index in [-0.39, 0.29) is 6.10 Å². The van der Waals surface area contributed by atoms with Crippen LogP contribution in [0.1, 0.15) is 22.8 Å². The summed E-state index contributed by atoms with van der Waals surface area (Å²) in [5, 5.41) is 9.60. The van der Waals surface area contributed by atoms with Crippen LogP contribution >= 0.6 is 0 Å². The second kappa shape index (κ2) is 3.77. The summed E-state index contributed by atoms with van der Waals surface area (Å²) in [6.07, 6.45) is 0.481. The van der Waals surface area contributed by atoms with Gasteiger partial charge in [-0.3, -0.25) is 0 Å². The zero-order chi connectivity index (χ0) is 9.14. The van der Waals surface area contributed by atoms with Gasteiger partial charge in [-0.25, -0.2) is 0 Å². The molecule has 0 unspecified atom stereocenters. The first-order chi connectivity index (χ1) is 5.65. The van der Waals surface area contributed by atoms with Crippen molar-refractivity contribution in [1.29, 1.82) is 0 Å². The van der Waals surface area contributed by atoms with Crippen molar-refractivity contribution in [1.82, 2.24) is 0 Å². The fourth-order valence-corrected chi connectivity index (χ4v) is 1.42. The third-order valence-electron chi connectivity index (χ3n) is 2.17. The van der Waals surface area contributed by atoms with Gasteiger partial charge in [0.25, 0.3) is 0 Å².